The molecule has 2 heterocycles. The number of aromatic nitrogens is 6. The molecular formula is C10H12N7O2P. The monoisotopic (exact) mass is 293 g/mol. The van der Waals surface area contributed by atoms with Gasteiger partial charge in [0, 0.05) is 0 Å². The molecule has 1 unspecified atom stereocenters. The van der Waals surface area contributed by atoms with Crippen LogP contribution >= 0.6 is 7.52 Å². The fourth-order valence-electron chi connectivity index (χ4n) is 2.03. The molecule has 0 aliphatic heterocycles. The number of aryl methyl sites for hydroxylation is 1. The Balaban J connectivity index is 2.19. The van der Waals surface area contributed by atoms with E-state index < -0.39 is 7.52 Å². The lowest BCUT2D eigenvalue weighted by Gasteiger charge is -2.08. The molecule has 1 aromatic carbocycles. The molecule has 9 nitrogen and oxygen atoms in total. The number of H-pyrrole nitrogens is 2. The molecule has 0 radical (unpaired) electrons. The average molecular weight is 293 g/mol. The summed E-state index contributed by atoms with van der Waals surface area (Å²) >= 11 is 0. The van der Waals surface area contributed by atoms with Gasteiger partial charge in [0.15, 0.2) is 5.82 Å². The summed E-state index contributed by atoms with van der Waals surface area (Å²) in [4.78, 5) is 16.8. The number of hydrogen-bond donors (Lipinski definition) is 4. The van der Waals surface area contributed by atoms with Crippen molar-refractivity contribution in [2.24, 2.45) is 5.50 Å². The molecule has 20 heavy (non-hydrogen) atoms. The average Bonchev–Trinajstić information content (AvgIpc) is 2.99. The lowest BCUT2D eigenvalue weighted by molar-refractivity contribution is 0.478. The topological polar surface area (TPSA) is 146 Å². The molecular weight excluding hydrogens is 281 g/mol. The van der Waals surface area contributed by atoms with Crippen LogP contribution in [-0.4, -0.2) is 35.5 Å². The largest absolute Gasteiger partial charge is 0.335 e. The molecule has 3 rings (SSSR count). The normalized spacial score (nSPS) is 14.6. The number of nitrogens with two attached hydrogens (primary N) is 1. The Bertz CT molecular complexity index is 804. The maximum absolute atomic E-state index is 11.5. The fraction of sp³-hybridized carbons (Fsp3) is 0.200. The highest BCUT2D eigenvalue weighted by molar-refractivity contribution is 7.54. The first kappa shape index (κ1) is 12.9. The lowest BCUT2D eigenvalue weighted by atomic mass is 10.1. The van der Waals surface area contributed by atoms with Crippen molar-refractivity contribution in [3.8, 4) is 11.6 Å². The van der Waals surface area contributed by atoms with Gasteiger partial charge < -0.3 is 9.88 Å². The van der Waals surface area contributed by atoms with Crippen LogP contribution in [-0.2, 0) is 10.7 Å². The number of fused-ring (bicyclic) bond motifs is 1. The van der Waals surface area contributed by atoms with Crippen molar-refractivity contribution >= 4 is 18.6 Å². The number of benzene rings is 1. The number of tetrazole rings is 1. The number of nitrogens with zero attached hydrogens (tertiary/aromatic N) is 4. The first-order valence-electron chi connectivity index (χ1n) is 5.77. The van der Waals surface area contributed by atoms with Crippen LogP contribution < -0.4 is 5.50 Å². The summed E-state index contributed by atoms with van der Waals surface area (Å²) in [6.45, 7) is 1.84. The van der Waals surface area contributed by atoms with Gasteiger partial charge in [-0.05, 0) is 34.5 Å². The lowest BCUT2D eigenvalue weighted by Crippen LogP contribution is -1.99. The molecule has 0 fully saturated rings. The standard InChI is InChI=1S/C10H12N7O2P/c1-5-2-3-7-8(6(5)4-20(11,18)19)13-9(12-7)10-14-16-17-15-10/h2-3H,4H2,1H3,(H,12,13)(H3,11,18,19)(H,14,15,16,17). The molecule has 104 valence electrons. The van der Waals surface area contributed by atoms with Gasteiger partial charge in [-0.2, -0.15) is 0 Å². The van der Waals surface area contributed by atoms with E-state index >= 15 is 0 Å². The Morgan fingerprint density at radius 2 is 2.20 bits per heavy atom. The molecule has 2 aromatic heterocycles. The molecule has 3 aromatic rings. The van der Waals surface area contributed by atoms with Crippen LogP contribution in [0.5, 0.6) is 0 Å². The van der Waals surface area contributed by atoms with E-state index in [0.29, 0.717) is 22.7 Å². The summed E-state index contributed by atoms with van der Waals surface area (Å²) in [6.07, 6.45) is -0.130. The van der Waals surface area contributed by atoms with Crippen LogP contribution in [0, 0.1) is 6.92 Å². The fourth-order valence-corrected chi connectivity index (χ4v) is 2.88. The Kier molecular flexibility index (Phi) is 2.89. The van der Waals surface area contributed by atoms with Crippen LogP contribution in [0.2, 0.25) is 0 Å². The molecule has 1 atom stereocenters. The predicted molar refractivity (Wildman–Crippen MR) is 71.7 cm³/mol. The summed E-state index contributed by atoms with van der Waals surface area (Å²) in [7, 11) is -3.67. The second kappa shape index (κ2) is 4.48. The molecule has 5 N–H and O–H groups in total. The number of imidazole rings is 1. The SMILES string of the molecule is Cc1ccc2[nH]c(-c3nnn[nH]3)nc2c1CP(N)(=O)O. The molecule has 0 amide bonds. The van der Waals surface area contributed by atoms with Gasteiger partial charge in [0.2, 0.25) is 5.82 Å². The Morgan fingerprint density at radius 1 is 1.40 bits per heavy atom. The second-order valence-electron chi connectivity index (χ2n) is 4.51. The molecule has 0 spiro atoms. The molecule has 0 saturated carbocycles. The van der Waals surface area contributed by atoms with Crippen LogP contribution in [0.15, 0.2) is 12.1 Å². The van der Waals surface area contributed by atoms with E-state index in [4.69, 9.17) is 5.50 Å². The zero-order valence-corrected chi connectivity index (χ0v) is 11.4. The van der Waals surface area contributed by atoms with Gasteiger partial charge in [-0.1, -0.05) is 6.07 Å². The summed E-state index contributed by atoms with van der Waals surface area (Å²) in [5, 5.41) is 13.3. The van der Waals surface area contributed by atoms with Gasteiger partial charge in [0.25, 0.3) is 7.52 Å². The molecule has 0 aliphatic rings. The highest BCUT2D eigenvalue weighted by Gasteiger charge is 2.19. The first-order valence-corrected chi connectivity index (χ1v) is 7.68. The van der Waals surface area contributed by atoms with Crippen molar-refractivity contribution < 1.29 is 9.46 Å². The Morgan fingerprint density at radius 3 is 2.85 bits per heavy atom. The van der Waals surface area contributed by atoms with Crippen LogP contribution in [0.4, 0.5) is 0 Å². The summed E-state index contributed by atoms with van der Waals surface area (Å²) in [5.41, 5.74) is 8.08. The van der Waals surface area contributed by atoms with Crippen LogP contribution in [0.25, 0.3) is 22.7 Å². The summed E-state index contributed by atoms with van der Waals surface area (Å²) in [6, 6.07) is 3.68. The van der Waals surface area contributed by atoms with E-state index in [1.165, 1.54) is 0 Å². The van der Waals surface area contributed by atoms with Crippen molar-refractivity contribution in [2.75, 3.05) is 0 Å². The smallest absolute Gasteiger partial charge is 0.269 e. The molecule has 0 saturated heterocycles. The zero-order valence-electron chi connectivity index (χ0n) is 10.5. The van der Waals surface area contributed by atoms with Gasteiger partial charge in [-0.3, -0.25) is 10.1 Å². The Hall–Kier alpha value is -2.09. The van der Waals surface area contributed by atoms with Crippen LogP contribution in [0.3, 0.4) is 0 Å². The van der Waals surface area contributed by atoms with Crippen molar-refractivity contribution in [1.29, 1.82) is 0 Å². The van der Waals surface area contributed by atoms with E-state index in [9.17, 15) is 9.46 Å². The number of rotatable bonds is 3. The zero-order chi connectivity index (χ0) is 14.3. The minimum atomic E-state index is -3.67. The number of aromatic amines is 2. The highest BCUT2D eigenvalue weighted by atomic mass is 31.2. The van der Waals surface area contributed by atoms with E-state index in [0.717, 1.165) is 11.1 Å². The van der Waals surface area contributed by atoms with E-state index in [1.807, 2.05) is 19.1 Å². The van der Waals surface area contributed by atoms with Gasteiger partial charge in [0.05, 0.1) is 17.2 Å². The number of hydrogen-bond acceptors (Lipinski definition) is 5. The van der Waals surface area contributed by atoms with Gasteiger partial charge >= 0.3 is 0 Å². The van der Waals surface area contributed by atoms with E-state index in [1.54, 1.807) is 0 Å². The summed E-state index contributed by atoms with van der Waals surface area (Å²) < 4.78 is 11.5. The second-order valence-corrected chi connectivity index (χ2v) is 6.33. The third kappa shape index (κ3) is 2.34. The third-order valence-electron chi connectivity index (χ3n) is 2.95. The molecule has 0 bridgehead atoms. The summed E-state index contributed by atoms with van der Waals surface area (Å²) in [5.74, 6) is 0.853. The van der Waals surface area contributed by atoms with Gasteiger partial charge in [0.1, 0.15) is 0 Å². The van der Waals surface area contributed by atoms with Crippen molar-refractivity contribution in [1.82, 2.24) is 30.6 Å². The maximum atomic E-state index is 11.5. The van der Waals surface area contributed by atoms with E-state index in [-0.39, 0.29) is 6.16 Å². The van der Waals surface area contributed by atoms with Crippen LogP contribution in [0.1, 0.15) is 11.1 Å². The van der Waals surface area contributed by atoms with Crippen molar-refractivity contribution in [3.05, 3.63) is 23.3 Å². The van der Waals surface area contributed by atoms with Gasteiger partial charge in [-0.25, -0.2) is 10.1 Å². The minimum Gasteiger partial charge on any atom is -0.335 e. The first-order chi connectivity index (χ1) is 9.44. The van der Waals surface area contributed by atoms with Gasteiger partial charge in [-0.15, -0.1) is 5.10 Å². The van der Waals surface area contributed by atoms with E-state index in [2.05, 4.69) is 30.6 Å². The van der Waals surface area contributed by atoms with Crippen molar-refractivity contribution in [2.45, 2.75) is 13.1 Å². The highest BCUT2D eigenvalue weighted by Crippen LogP contribution is 2.38. The minimum absolute atomic E-state index is 0.130. The number of nitrogens with one attached hydrogen (secondary N) is 2. The third-order valence-corrected chi connectivity index (χ3v) is 3.72. The molecule has 0 aliphatic carbocycles. The maximum Gasteiger partial charge on any atom is 0.269 e. The Labute approximate surface area is 113 Å². The molecule has 10 heteroatoms. The van der Waals surface area contributed by atoms with Crippen molar-refractivity contribution in [3.63, 3.8) is 0 Å². The quantitative estimate of drug-likeness (QED) is 0.519. The predicted octanol–water partition coefficient (Wildman–Crippen LogP) is 0.696.